The highest BCUT2D eigenvalue weighted by molar-refractivity contribution is 6.25. The third-order valence-corrected chi connectivity index (χ3v) is 6.52. The summed E-state index contributed by atoms with van der Waals surface area (Å²) in [5, 5.41) is 8.38. The number of aryl methyl sites for hydroxylation is 1. The maximum Gasteiger partial charge on any atom is 0.264 e. The number of fused-ring (bicyclic) bond motifs is 1. The Hall–Kier alpha value is -4.13. The summed E-state index contributed by atoms with van der Waals surface area (Å²) in [7, 11) is 1.41. The number of anilines is 1. The molecule has 12 heteroatoms. The van der Waals surface area contributed by atoms with Gasteiger partial charge < -0.3 is 35.0 Å². The second-order valence-electron chi connectivity index (χ2n) is 9.47. The van der Waals surface area contributed by atoms with Crippen LogP contribution in [0.4, 0.5) is 5.69 Å². The number of hydrogen-bond donors (Lipinski definition) is 3. The minimum atomic E-state index is -1.07. The fraction of sp³-hybridized carbons (Fsp3) is 0.433. The number of likely N-dealkylation sites (N-methyl/N-ethyl adjacent to an activating group) is 1. The van der Waals surface area contributed by atoms with Gasteiger partial charge in [-0.15, -0.1) is 0 Å². The van der Waals surface area contributed by atoms with E-state index in [2.05, 4.69) is 16.0 Å². The number of carbonyl (C=O) groups is 5. The molecule has 3 N–H and O–H groups in total. The molecule has 1 aliphatic heterocycles. The molecule has 0 aromatic heterocycles. The van der Waals surface area contributed by atoms with Crippen molar-refractivity contribution in [2.24, 2.45) is 0 Å². The zero-order valence-corrected chi connectivity index (χ0v) is 24.0. The molecule has 0 aliphatic carbocycles. The highest BCUT2D eigenvalue weighted by Gasteiger charge is 2.43. The molecule has 226 valence electrons. The fourth-order valence-corrected chi connectivity index (χ4v) is 4.35. The van der Waals surface area contributed by atoms with Gasteiger partial charge in [-0.25, -0.2) is 0 Å². The van der Waals surface area contributed by atoms with Crippen LogP contribution < -0.4 is 16.0 Å². The van der Waals surface area contributed by atoms with Crippen molar-refractivity contribution >= 4 is 35.6 Å². The zero-order chi connectivity index (χ0) is 30.3. The van der Waals surface area contributed by atoms with E-state index < -0.39 is 23.8 Å². The van der Waals surface area contributed by atoms with Gasteiger partial charge in [-0.2, -0.15) is 0 Å². The van der Waals surface area contributed by atoms with Gasteiger partial charge in [0.05, 0.1) is 50.8 Å². The summed E-state index contributed by atoms with van der Waals surface area (Å²) in [4.78, 5) is 62.4. The van der Waals surface area contributed by atoms with Crippen LogP contribution in [0.3, 0.4) is 0 Å². The van der Waals surface area contributed by atoms with Gasteiger partial charge in [0, 0.05) is 37.8 Å². The number of nitrogens with zero attached hydrogens (tertiary/aromatic N) is 1. The van der Waals surface area contributed by atoms with Crippen molar-refractivity contribution in [3.05, 3.63) is 64.7 Å². The lowest BCUT2D eigenvalue weighted by molar-refractivity contribution is -0.124. The Balaban J connectivity index is 1.29. The Morgan fingerprint density at radius 2 is 1.52 bits per heavy atom. The number of aldehydes is 1. The minimum absolute atomic E-state index is 0.0410. The molecule has 1 unspecified atom stereocenters. The molecular weight excluding hydrogens is 544 g/mol. The monoisotopic (exact) mass is 582 g/mol. The second kappa shape index (κ2) is 17.0. The van der Waals surface area contributed by atoms with Crippen LogP contribution in [0, 0.1) is 6.92 Å². The number of rotatable bonds is 19. The summed E-state index contributed by atoms with van der Waals surface area (Å²) < 4.78 is 16.5. The fourth-order valence-electron chi connectivity index (χ4n) is 4.35. The van der Waals surface area contributed by atoms with Crippen molar-refractivity contribution in [1.82, 2.24) is 15.5 Å². The molecule has 1 heterocycles. The number of hydrogen-bond acceptors (Lipinski definition) is 9. The van der Waals surface area contributed by atoms with E-state index in [9.17, 15) is 24.0 Å². The number of amides is 4. The van der Waals surface area contributed by atoms with E-state index in [1.807, 2.05) is 19.1 Å². The van der Waals surface area contributed by atoms with Crippen LogP contribution in [0.15, 0.2) is 42.5 Å². The normalized spacial score (nSPS) is 13.0. The van der Waals surface area contributed by atoms with E-state index in [4.69, 9.17) is 14.2 Å². The van der Waals surface area contributed by atoms with Gasteiger partial charge >= 0.3 is 0 Å². The summed E-state index contributed by atoms with van der Waals surface area (Å²) in [6, 6.07) is 11.2. The van der Waals surface area contributed by atoms with Crippen LogP contribution in [0.1, 0.15) is 49.5 Å². The molecule has 0 saturated heterocycles. The Morgan fingerprint density at radius 1 is 0.881 bits per heavy atom. The SMILES string of the molecule is CNC(=O)C(CCC=O)N1C(=O)c2cccc(NCCOCCOCCOCCNC(=O)c3ccc(C)cc3)c2C1=O. The van der Waals surface area contributed by atoms with Gasteiger partial charge in [0.25, 0.3) is 17.7 Å². The predicted octanol–water partition coefficient (Wildman–Crippen LogP) is 1.58. The molecule has 0 fully saturated rings. The van der Waals surface area contributed by atoms with Crippen molar-refractivity contribution in [2.45, 2.75) is 25.8 Å². The largest absolute Gasteiger partial charge is 0.382 e. The summed E-state index contributed by atoms with van der Waals surface area (Å²) in [5.41, 5.74) is 2.57. The molecule has 42 heavy (non-hydrogen) atoms. The van der Waals surface area contributed by atoms with E-state index in [0.717, 1.165) is 10.5 Å². The number of benzene rings is 2. The lowest BCUT2D eigenvalue weighted by Crippen LogP contribution is -2.48. The van der Waals surface area contributed by atoms with Gasteiger partial charge in [-0.1, -0.05) is 23.8 Å². The average Bonchev–Trinajstić information content (AvgIpc) is 3.25. The molecular formula is C30H38N4O8. The van der Waals surface area contributed by atoms with Crippen LogP contribution >= 0.6 is 0 Å². The van der Waals surface area contributed by atoms with Crippen molar-refractivity contribution in [3.63, 3.8) is 0 Å². The average molecular weight is 583 g/mol. The minimum Gasteiger partial charge on any atom is -0.382 e. The maximum atomic E-state index is 13.2. The summed E-state index contributed by atoms with van der Waals surface area (Å²) in [6.45, 7) is 4.96. The van der Waals surface area contributed by atoms with Gasteiger partial charge in [0.2, 0.25) is 5.91 Å². The molecule has 2 aromatic rings. The van der Waals surface area contributed by atoms with Crippen LogP contribution in [0.5, 0.6) is 0 Å². The first-order chi connectivity index (χ1) is 20.4. The summed E-state index contributed by atoms with van der Waals surface area (Å²) in [5.74, 6) is -1.79. The van der Waals surface area contributed by atoms with Crippen molar-refractivity contribution in [1.29, 1.82) is 0 Å². The van der Waals surface area contributed by atoms with Gasteiger partial charge in [-0.3, -0.25) is 24.1 Å². The smallest absolute Gasteiger partial charge is 0.264 e. The van der Waals surface area contributed by atoms with E-state index in [1.165, 1.54) is 7.05 Å². The Labute approximate surface area is 245 Å². The molecule has 12 nitrogen and oxygen atoms in total. The molecule has 1 atom stereocenters. The van der Waals surface area contributed by atoms with E-state index in [1.54, 1.807) is 30.3 Å². The van der Waals surface area contributed by atoms with Crippen LogP contribution in [0.25, 0.3) is 0 Å². The zero-order valence-electron chi connectivity index (χ0n) is 24.0. The molecule has 0 bridgehead atoms. The standard InChI is InChI=1S/C30H38N4O8/c1-21-8-10-22(11-9-21)27(36)33-13-16-41-18-20-42-19-17-40-15-12-32-24-6-3-5-23-26(24)30(39)34(29(23)38)25(7-4-14-35)28(37)31-2/h3,5-6,8-11,14,25,32H,4,7,12-13,15-20H2,1-2H3,(H,31,37)(H,33,36). The quantitative estimate of drug-likeness (QED) is 0.127. The molecule has 1 aliphatic rings. The first-order valence-corrected chi connectivity index (χ1v) is 13.9. The van der Waals surface area contributed by atoms with Gasteiger partial charge in [0.15, 0.2) is 0 Å². The summed E-state index contributed by atoms with van der Waals surface area (Å²) >= 11 is 0. The van der Waals surface area contributed by atoms with Crippen LogP contribution in [0.2, 0.25) is 0 Å². The Morgan fingerprint density at radius 3 is 2.17 bits per heavy atom. The maximum absolute atomic E-state index is 13.2. The topological polar surface area (TPSA) is 152 Å². The summed E-state index contributed by atoms with van der Waals surface area (Å²) in [6.07, 6.45) is 0.739. The first kappa shape index (κ1) is 32.4. The molecule has 0 radical (unpaired) electrons. The second-order valence-corrected chi connectivity index (χ2v) is 9.47. The Bertz CT molecular complexity index is 1230. The van der Waals surface area contributed by atoms with Crippen molar-refractivity contribution < 1.29 is 38.2 Å². The van der Waals surface area contributed by atoms with Crippen molar-refractivity contribution in [3.8, 4) is 0 Å². The number of imide groups is 1. The number of carbonyl (C=O) groups excluding carboxylic acids is 5. The number of nitrogens with one attached hydrogen (secondary N) is 3. The highest BCUT2D eigenvalue weighted by atomic mass is 16.5. The van der Waals surface area contributed by atoms with E-state index in [0.29, 0.717) is 70.3 Å². The lowest BCUT2D eigenvalue weighted by Gasteiger charge is -2.24. The Kier molecular flexibility index (Phi) is 13.1. The predicted molar refractivity (Wildman–Crippen MR) is 155 cm³/mol. The highest BCUT2D eigenvalue weighted by Crippen LogP contribution is 2.31. The van der Waals surface area contributed by atoms with Crippen molar-refractivity contribution in [2.75, 3.05) is 65.1 Å². The van der Waals surface area contributed by atoms with E-state index >= 15 is 0 Å². The molecule has 2 aromatic carbocycles. The molecule has 0 saturated carbocycles. The van der Waals surface area contributed by atoms with Crippen LogP contribution in [-0.4, -0.2) is 101 Å². The molecule has 4 amide bonds. The number of ether oxygens (including phenoxy) is 3. The third-order valence-electron chi connectivity index (χ3n) is 6.52. The van der Waals surface area contributed by atoms with Gasteiger partial charge in [-0.05, 0) is 37.6 Å². The lowest BCUT2D eigenvalue weighted by atomic mass is 10.1. The third kappa shape index (κ3) is 8.93. The van der Waals surface area contributed by atoms with E-state index in [-0.39, 0.29) is 29.9 Å². The molecule has 0 spiro atoms. The van der Waals surface area contributed by atoms with Crippen LogP contribution in [-0.2, 0) is 23.8 Å². The van der Waals surface area contributed by atoms with Gasteiger partial charge in [0.1, 0.15) is 12.3 Å². The first-order valence-electron chi connectivity index (χ1n) is 13.9. The molecule has 3 rings (SSSR count).